The maximum absolute atomic E-state index is 9.90. The van der Waals surface area contributed by atoms with E-state index in [2.05, 4.69) is 23.1 Å². The molecular weight excluding hydrogens is 226 g/mol. The molecule has 3 nitrogen and oxygen atoms in total. The smallest absolute Gasteiger partial charge is 0.1000 e. The van der Waals surface area contributed by atoms with Crippen LogP contribution in [-0.2, 0) is 11.3 Å². The molecule has 0 radical (unpaired) electrons. The van der Waals surface area contributed by atoms with Gasteiger partial charge in [-0.2, -0.15) is 0 Å². The lowest BCUT2D eigenvalue weighted by molar-refractivity contribution is 0.0288. The first-order chi connectivity index (χ1) is 8.55. The Morgan fingerprint density at radius 1 is 1.28 bits per heavy atom. The van der Waals surface area contributed by atoms with Gasteiger partial charge in [0.25, 0.3) is 0 Å². The van der Waals surface area contributed by atoms with E-state index in [1.165, 1.54) is 5.56 Å². The van der Waals surface area contributed by atoms with Crippen LogP contribution in [0.15, 0.2) is 42.0 Å². The van der Waals surface area contributed by atoms with Crippen LogP contribution < -0.4 is 0 Å². The maximum Gasteiger partial charge on any atom is 0.1000 e. The Morgan fingerprint density at radius 3 is 2.61 bits per heavy atom. The van der Waals surface area contributed by atoms with Crippen molar-refractivity contribution < 1.29 is 9.84 Å². The van der Waals surface area contributed by atoms with Crippen molar-refractivity contribution in [1.29, 1.82) is 0 Å². The van der Waals surface area contributed by atoms with Crippen LogP contribution in [0.25, 0.3) is 0 Å². The van der Waals surface area contributed by atoms with Crippen LogP contribution in [0.4, 0.5) is 0 Å². The van der Waals surface area contributed by atoms with E-state index >= 15 is 0 Å². The van der Waals surface area contributed by atoms with Crippen LogP contribution in [0.3, 0.4) is 0 Å². The van der Waals surface area contributed by atoms with Crippen molar-refractivity contribution >= 4 is 0 Å². The highest BCUT2D eigenvalue weighted by Gasteiger charge is 2.25. The number of benzene rings is 1. The molecule has 0 aliphatic carbocycles. The number of ether oxygens (including phenoxy) is 1. The Kier molecular flexibility index (Phi) is 4.17. The fraction of sp³-hybridized carbons (Fsp3) is 0.467. The molecular formula is C15H21NO2. The summed E-state index contributed by atoms with van der Waals surface area (Å²) in [6.45, 7) is 6.53. The van der Waals surface area contributed by atoms with Crippen molar-refractivity contribution in [2.24, 2.45) is 0 Å². The van der Waals surface area contributed by atoms with Gasteiger partial charge in [0.1, 0.15) is 0 Å². The van der Waals surface area contributed by atoms with Crippen LogP contribution in [0.5, 0.6) is 0 Å². The van der Waals surface area contributed by atoms with Gasteiger partial charge in [-0.25, -0.2) is 0 Å². The van der Waals surface area contributed by atoms with Crippen LogP contribution in [0.2, 0.25) is 0 Å². The second kappa shape index (κ2) is 5.65. The summed E-state index contributed by atoms with van der Waals surface area (Å²) in [6, 6.07) is 10.2. The summed E-state index contributed by atoms with van der Waals surface area (Å²) in [5.41, 5.74) is 1.55. The van der Waals surface area contributed by atoms with Gasteiger partial charge in [-0.1, -0.05) is 36.4 Å². The third-order valence-electron chi connectivity index (χ3n) is 3.16. The van der Waals surface area contributed by atoms with Crippen molar-refractivity contribution in [3.63, 3.8) is 0 Å². The average Bonchev–Trinajstić information content (AvgIpc) is 2.79. The first-order valence-electron chi connectivity index (χ1n) is 6.31. The van der Waals surface area contributed by atoms with Crippen LogP contribution in [0, 0.1) is 0 Å². The van der Waals surface area contributed by atoms with Crippen molar-refractivity contribution in [2.75, 3.05) is 19.8 Å². The van der Waals surface area contributed by atoms with E-state index in [1.54, 1.807) is 0 Å². The number of hydrogen-bond acceptors (Lipinski definition) is 3. The first kappa shape index (κ1) is 13.3. The predicted octanol–water partition coefficient (Wildman–Crippen LogP) is 2.17. The van der Waals surface area contributed by atoms with E-state index in [9.17, 15) is 5.11 Å². The van der Waals surface area contributed by atoms with Crippen LogP contribution in [-0.4, -0.2) is 35.4 Å². The Bertz CT molecular complexity index is 406. The van der Waals surface area contributed by atoms with Gasteiger partial charge in [-0.05, 0) is 25.0 Å². The molecule has 0 amide bonds. The molecule has 1 aromatic rings. The fourth-order valence-electron chi connectivity index (χ4n) is 2.02. The molecule has 98 valence electrons. The average molecular weight is 247 g/mol. The largest absolute Gasteiger partial charge is 0.386 e. The summed E-state index contributed by atoms with van der Waals surface area (Å²) < 4.78 is 5.68. The maximum atomic E-state index is 9.90. The van der Waals surface area contributed by atoms with E-state index in [4.69, 9.17) is 4.74 Å². The molecule has 1 N–H and O–H groups in total. The zero-order chi connectivity index (χ0) is 13.0. The molecule has 0 saturated carbocycles. The van der Waals surface area contributed by atoms with Gasteiger partial charge in [-0.3, -0.25) is 4.90 Å². The van der Waals surface area contributed by atoms with Gasteiger partial charge in [0, 0.05) is 13.1 Å². The van der Waals surface area contributed by atoms with Gasteiger partial charge in [0.15, 0.2) is 0 Å². The Hall–Kier alpha value is -1.16. The summed E-state index contributed by atoms with van der Waals surface area (Å²) in [5.74, 6) is 0. The summed E-state index contributed by atoms with van der Waals surface area (Å²) in [7, 11) is 0. The number of nitrogens with zero attached hydrogens (tertiary/aromatic N) is 1. The lowest BCUT2D eigenvalue weighted by Crippen LogP contribution is -2.29. The molecule has 0 aromatic heterocycles. The number of rotatable bonds is 5. The Balaban J connectivity index is 1.71. The number of aliphatic hydroxyl groups is 1. The molecule has 1 aromatic carbocycles. The molecule has 3 heteroatoms. The summed E-state index contributed by atoms with van der Waals surface area (Å²) in [6.07, 6.45) is 2.09. The van der Waals surface area contributed by atoms with E-state index in [0.29, 0.717) is 13.3 Å². The molecule has 0 spiro atoms. The second-order valence-corrected chi connectivity index (χ2v) is 5.26. The van der Waals surface area contributed by atoms with Crippen LogP contribution >= 0.6 is 0 Å². The van der Waals surface area contributed by atoms with E-state index in [0.717, 1.165) is 18.7 Å². The van der Waals surface area contributed by atoms with Gasteiger partial charge in [0.05, 0.1) is 18.9 Å². The lowest BCUT2D eigenvalue weighted by atomic mass is 9.99. The molecule has 0 bridgehead atoms. The zero-order valence-corrected chi connectivity index (χ0v) is 11.1. The van der Waals surface area contributed by atoms with Crippen LogP contribution in [0.1, 0.15) is 19.4 Å². The summed E-state index contributed by atoms with van der Waals surface area (Å²) in [5, 5.41) is 9.90. The Morgan fingerprint density at radius 2 is 2.00 bits per heavy atom. The third-order valence-corrected chi connectivity index (χ3v) is 3.16. The van der Waals surface area contributed by atoms with Gasteiger partial charge in [0.2, 0.25) is 0 Å². The van der Waals surface area contributed by atoms with Gasteiger partial charge >= 0.3 is 0 Å². The molecule has 2 rings (SSSR count). The molecule has 0 unspecified atom stereocenters. The quantitative estimate of drug-likeness (QED) is 0.809. The van der Waals surface area contributed by atoms with Crippen molar-refractivity contribution in [1.82, 2.24) is 4.90 Å². The SMILES string of the molecule is CC(C)(O)C1=CCN(COCc2ccccc2)C1. The van der Waals surface area contributed by atoms with Crippen molar-refractivity contribution in [3.8, 4) is 0 Å². The van der Waals surface area contributed by atoms with Crippen molar-refractivity contribution in [3.05, 3.63) is 47.5 Å². The standard InChI is InChI=1S/C15H21NO2/c1-15(2,17)14-8-9-16(10-14)12-18-11-13-6-4-3-5-7-13/h3-8,17H,9-12H2,1-2H3. The molecule has 0 atom stereocenters. The number of hydrogen-bond donors (Lipinski definition) is 1. The predicted molar refractivity (Wildman–Crippen MR) is 72.1 cm³/mol. The van der Waals surface area contributed by atoms with Gasteiger partial charge < -0.3 is 9.84 Å². The van der Waals surface area contributed by atoms with E-state index in [1.807, 2.05) is 32.0 Å². The third kappa shape index (κ3) is 3.67. The molecule has 18 heavy (non-hydrogen) atoms. The highest BCUT2D eigenvalue weighted by atomic mass is 16.5. The molecule has 1 aliphatic heterocycles. The Labute approximate surface area is 109 Å². The lowest BCUT2D eigenvalue weighted by Gasteiger charge is -2.22. The minimum Gasteiger partial charge on any atom is -0.386 e. The summed E-state index contributed by atoms with van der Waals surface area (Å²) >= 11 is 0. The molecule has 0 saturated heterocycles. The normalized spacial score (nSPS) is 16.9. The van der Waals surface area contributed by atoms with Crippen molar-refractivity contribution in [2.45, 2.75) is 26.1 Å². The van der Waals surface area contributed by atoms with E-state index < -0.39 is 5.60 Å². The zero-order valence-electron chi connectivity index (χ0n) is 11.1. The first-order valence-corrected chi connectivity index (χ1v) is 6.31. The summed E-state index contributed by atoms with van der Waals surface area (Å²) in [4.78, 5) is 2.18. The van der Waals surface area contributed by atoms with E-state index in [-0.39, 0.29) is 0 Å². The van der Waals surface area contributed by atoms with Gasteiger partial charge in [-0.15, -0.1) is 0 Å². The fourth-order valence-corrected chi connectivity index (χ4v) is 2.02. The monoisotopic (exact) mass is 247 g/mol. The highest BCUT2D eigenvalue weighted by molar-refractivity contribution is 5.20. The highest BCUT2D eigenvalue weighted by Crippen LogP contribution is 2.21. The topological polar surface area (TPSA) is 32.7 Å². The second-order valence-electron chi connectivity index (χ2n) is 5.26. The minimum atomic E-state index is -0.714. The minimum absolute atomic E-state index is 0.602. The molecule has 1 aliphatic rings. The molecule has 0 fully saturated rings. The molecule has 1 heterocycles.